The fourth-order valence-electron chi connectivity index (χ4n) is 5.91. The topological polar surface area (TPSA) is 71.4 Å². The standard InChI is InChI=1S/C30H44O4/c1-18(2)11-10-16-29(9)22(14-12-19(3)4)17-24-25(31)23(15-13-20(5)6)27(33)30(29,28(24)34)26(32)21(7)8/h11-13,21-22,24,33H,10,14-17H2,1-9H3/t22-,24-,29+,30-/m0/s1. The van der Waals surface area contributed by atoms with E-state index < -0.39 is 22.7 Å². The molecule has 4 heteroatoms. The molecule has 1 saturated carbocycles. The lowest BCUT2D eigenvalue weighted by molar-refractivity contribution is -0.169. The second-order valence-electron chi connectivity index (χ2n) is 11.6. The predicted octanol–water partition coefficient (Wildman–Crippen LogP) is 7.26. The number of allylic oxidation sites excluding steroid dienone is 8. The fourth-order valence-corrected chi connectivity index (χ4v) is 5.91. The fraction of sp³-hybridized carbons (Fsp3) is 0.633. The van der Waals surface area contributed by atoms with Crippen LogP contribution in [0.1, 0.15) is 94.4 Å². The Bertz CT molecular complexity index is 962. The zero-order valence-corrected chi connectivity index (χ0v) is 22.7. The first-order chi connectivity index (χ1) is 15.7. The number of rotatable bonds is 9. The van der Waals surface area contributed by atoms with Crippen LogP contribution in [-0.2, 0) is 14.4 Å². The van der Waals surface area contributed by atoms with E-state index in [1.165, 1.54) is 5.57 Å². The van der Waals surface area contributed by atoms with E-state index in [0.29, 0.717) is 25.7 Å². The van der Waals surface area contributed by atoms with E-state index in [1.54, 1.807) is 13.8 Å². The maximum Gasteiger partial charge on any atom is 0.173 e. The summed E-state index contributed by atoms with van der Waals surface area (Å²) in [6.07, 6.45) is 8.80. The Kier molecular flexibility index (Phi) is 8.72. The van der Waals surface area contributed by atoms with Crippen LogP contribution in [0, 0.1) is 28.6 Å². The Balaban J connectivity index is 2.90. The number of carbonyl (C=O) groups is 3. The van der Waals surface area contributed by atoms with Crippen LogP contribution in [0.3, 0.4) is 0 Å². The van der Waals surface area contributed by atoms with Crippen LogP contribution in [0.5, 0.6) is 0 Å². The highest BCUT2D eigenvalue weighted by Gasteiger charge is 2.71. The summed E-state index contributed by atoms with van der Waals surface area (Å²) < 4.78 is 0. The zero-order chi connectivity index (χ0) is 26.0. The van der Waals surface area contributed by atoms with E-state index in [0.717, 1.165) is 11.1 Å². The SMILES string of the molecule is CC(C)=CCC[C@]1(C)[C@@H](CC=C(C)C)C[C@H]2C(=O)C(CC=C(C)C)=C(O)[C@@]1(C(=O)C(C)C)C2=O. The average molecular weight is 469 g/mol. The highest BCUT2D eigenvalue weighted by atomic mass is 16.3. The summed E-state index contributed by atoms with van der Waals surface area (Å²) in [5.41, 5.74) is 1.12. The summed E-state index contributed by atoms with van der Waals surface area (Å²) in [7, 11) is 0. The van der Waals surface area contributed by atoms with Crippen molar-refractivity contribution in [3.8, 4) is 0 Å². The third-order valence-electron chi connectivity index (χ3n) is 7.85. The molecule has 4 nitrogen and oxygen atoms in total. The molecule has 0 amide bonds. The van der Waals surface area contributed by atoms with E-state index in [2.05, 4.69) is 12.2 Å². The number of aliphatic hydroxyl groups is 1. The number of ketones is 3. The number of carbonyl (C=O) groups excluding carboxylic acids is 3. The van der Waals surface area contributed by atoms with E-state index >= 15 is 0 Å². The highest BCUT2D eigenvalue weighted by molar-refractivity contribution is 6.24. The van der Waals surface area contributed by atoms with Crippen molar-refractivity contribution in [2.24, 2.45) is 28.6 Å². The maximum absolute atomic E-state index is 14.1. The number of hydrogen-bond acceptors (Lipinski definition) is 4. The minimum atomic E-state index is -1.68. The van der Waals surface area contributed by atoms with Gasteiger partial charge in [0, 0.05) is 11.5 Å². The molecule has 1 fully saturated rings. The molecule has 0 aliphatic heterocycles. The molecule has 0 aromatic rings. The number of aliphatic hydroxyl groups excluding tert-OH is 1. The van der Waals surface area contributed by atoms with Crippen LogP contribution in [0.2, 0.25) is 0 Å². The molecule has 0 saturated heterocycles. The van der Waals surface area contributed by atoms with Gasteiger partial charge in [0.05, 0.1) is 5.92 Å². The summed E-state index contributed by atoms with van der Waals surface area (Å²) in [6.45, 7) is 17.6. The molecule has 2 aliphatic rings. The molecule has 0 spiro atoms. The van der Waals surface area contributed by atoms with Crippen LogP contribution in [0.25, 0.3) is 0 Å². The third kappa shape index (κ3) is 4.78. The molecular formula is C30H44O4. The first-order valence-corrected chi connectivity index (χ1v) is 12.7. The van der Waals surface area contributed by atoms with Gasteiger partial charge in [-0.25, -0.2) is 0 Å². The first kappa shape index (κ1) is 28.0. The molecule has 2 rings (SSSR count). The molecular weight excluding hydrogens is 424 g/mol. The van der Waals surface area contributed by atoms with Crippen molar-refractivity contribution in [2.45, 2.75) is 94.4 Å². The third-order valence-corrected chi connectivity index (χ3v) is 7.85. The molecule has 2 bridgehead atoms. The van der Waals surface area contributed by atoms with Crippen molar-refractivity contribution in [1.82, 2.24) is 0 Å². The molecule has 34 heavy (non-hydrogen) atoms. The van der Waals surface area contributed by atoms with Crippen molar-refractivity contribution in [3.63, 3.8) is 0 Å². The lowest BCUT2D eigenvalue weighted by Crippen LogP contribution is -2.66. The maximum atomic E-state index is 14.1. The normalized spacial score (nSPS) is 28.6. The Hall–Kier alpha value is -2.23. The van der Waals surface area contributed by atoms with Crippen molar-refractivity contribution in [1.29, 1.82) is 0 Å². The van der Waals surface area contributed by atoms with Gasteiger partial charge in [-0.2, -0.15) is 0 Å². The Morgan fingerprint density at radius 1 is 1.00 bits per heavy atom. The second kappa shape index (κ2) is 10.6. The van der Waals surface area contributed by atoms with Gasteiger partial charge < -0.3 is 5.11 Å². The Labute approximate surface area is 206 Å². The lowest BCUT2D eigenvalue weighted by atomic mass is 9.42. The van der Waals surface area contributed by atoms with Crippen molar-refractivity contribution < 1.29 is 19.5 Å². The highest BCUT2D eigenvalue weighted by Crippen LogP contribution is 2.64. The summed E-state index contributed by atoms with van der Waals surface area (Å²) >= 11 is 0. The van der Waals surface area contributed by atoms with E-state index in [4.69, 9.17) is 0 Å². The van der Waals surface area contributed by atoms with Crippen LogP contribution in [0.15, 0.2) is 46.3 Å². The van der Waals surface area contributed by atoms with Crippen LogP contribution >= 0.6 is 0 Å². The lowest BCUT2D eigenvalue weighted by Gasteiger charge is -2.58. The van der Waals surface area contributed by atoms with Gasteiger partial charge in [-0.1, -0.05) is 55.7 Å². The van der Waals surface area contributed by atoms with Gasteiger partial charge in [-0.3, -0.25) is 14.4 Å². The van der Waals surface area contributed by atoms with Gasteiger partial charge >= 0.3 is 0 Å². The predicted molar refractivity (Wildman–Crippen MR) is 138 cm³/mol. The molecule has 0 heterocycles. The van der Waals surface area contributed by atoms with Gasteiger partial charge in [0.25, 0.3) is 0 Å². The molecule has 0 unspecified atom stereocenters. The van der Waals surface area contributed by atoms with Crippen molar-refractivity contribution in [2.75, 3.05) is 0 Å². The van der Waals surface area contributed by atoms with Gasteiger partial charge in [0.15, 0.2) is 22.8 Å². The minimum absolute atomic E-state index is 0.0746. The van der Waals surface area contributed by atoms with Crippen molar-refractivity contribution in [3.05, 3.63) is 46.3 Å². The minimum Gasteiger partial charge on any atom is -0.510 e. The van der Waals surface area contributed by atoms with Crippen LogP contribution in [-0.4, -0.2) is 22.5 Å². The molecule has 0 aromatic carbocycles. The van der Waals surface area contributed by atoms with Gasteiger partial charge in [-0.15, -0.1) is 0 Å². The zero-order valence-electron chi connectivity index (χ0n) is 22.7. The summed E-state index contributed by atoms with van der Waals surface area (Å²) in [4.78, 5) is 41.7. The summed E-state index contributed by atoms with van der Waals surface area (Å²) in [5.74, 6) is -2.63. The van der Waals surface area contributed by atoms with Gasteiger partial charge in [0.2, 0.25) is 0 Å². The average Bonchev–Trinajstić information content (AvgIpc) is 2.71. The number of hydrogen-bond donors (Lipinski definition) is 1. The monoisotopic (exact) mass is 468 g/mol. The molecule has 0 aromatic heterocycles. The number of fused-ring (bicyclic) bond motifs is 2. The molecule has 1 N–H and O–H groups in total. The van der Waals surface area contributed by atoms with E-state index in [1.807, 2.05) is 54.5 Å². The first-order valence-electron chi connectivity index (χ1n) is 12.7. The van der Waals surface area contributed by atoms with E-state index in [-0.39, 0.29) is 41.0 Å². The summed E-state index contributed by atoms with van der Waals surface area (Å²) in [6, 6.07) is 0. The molecule has 2 aliphatic carbocycles. The van der Waals surface area contributed by atoms with Crippen molar-refractivity contribution >= 4 is 17.3 Å². The van der Waals surface area contributed by atoms with Gasteiger partial charge in [-0.05, 0) is 85.0 Å². The smallest absolute Gasteiger partial charge is 0.173 e. The quantitative estimate of drug-likeness (QED) is 0.285. The molecule has 4 atom stereocenters. The Morgan fingerprint density at radius 3 is 2.06 bits per heavy atom. The molecule has 188 valence electrons. The van der Waals surface area contributed by atoms with Crippen LogP contribution in [0.4, 0.5) is 0 Å². The Morgan fingerprint density at radius 2 is 1.56 bits per heavy atom. The van der Waals surface area contributed by atoms with Crippen LogP contribution < -0.4 is 0 Å². The van der Waals surface area contributed by atoms with E-state index in [9.17, 15) is 19.5 Å². The molecule has 0 radical (unpaired) electrons. The van der Waals surface area contributed by atoms with Gasteiger partial charge in [0.1, 0.15) is 5.76 Å². The largest absolute Gasteiger partial charge is 0.510 e. The second-order valence-corrected chi connectivity index (χ2v) is 11.6. The number of Topliss-reactive ketones (excluding diaryl/α,β-unsaturated/α-hetero) is 3. The summed E-state index contributed by atoms with van der Waals surface area (Å²) in [5, 5.41) is 11.8.